The minimum atomic E-state index is 0.623. The minimum Gasteiger partial charge on any atom is -0.436 e. The lowest BCUT2D eigenvalue weighted by Crippen LogP contribution is -2.00. The van der Waals surface area contributed by atoms with Crippen LogP contribution in [0.1, 0.15) is 0 Å². The Labute approximate surface area is 233 Å². The summed E-state index contributed by atoms with van der Waals surface area (Å²) in [6, 6.07) is 40.6. The molecule has 0 amide bonds. The summed E-state index contributed by atoms with van der Waals surface area (Å²) in [7, 11) is 0. The molecule has 3 heterocycles. The second-order valence-electron chi connectivity index (χ2n) is 9.49. The van der Waals surface area contributed by atoms with E-state index in [0.29, 0.717) is 23.4 Å². The van der Waals surface area contributed by atoms with Gasteiger partial charge in [-0.3, -0.25) is 0 Å². The topological polar surface area (TPSA) is 64.7 Å². The van der Waals surface area contributed by atoms with E-state index >= 15 is 0 Å². The molecule has 0 saturated heterocycles. The van der Waals surface area contributed by atoms with Gasteiger partial charge in [0.25, 0.3) is 0 Å². The normalized spacial score (nSPS) is 11.5. The fourth-order valence-electron chi connectivity index (χ4n) is 5.08. The van der Waals surface area contributed by atoms with Crippen molar-refractivity contribution in [3.05, 3.63) is 121 Å². The highest BCUT2D eigenvalue weighted by atomic mass is 32.1. The number of hydrogen-bond acceptors (Lipinski definition) is 6. The summed E-state index contributed by atoms with van der Waals surface area (Å²) in [4.78, 5) is 19.6. The van der Waals surface area contributed by atoms with E-state index < -0.39 is 0 Å². The molecule has 0 aliphatic heterocycles. The molecule has 5 nitrogen and oxygen atoms in total. The largest absolute Gasteiger partial charge is 0.436 e. The first-order valence-electron chi connectivity index (χ1n) is 13.0. The van der Waals surface area contributed by atoms with Gasteiger partial charge in [-0.25, -0.2) is 19.9 Å². The SMILES string of the molecule is c1ccc(-c2nc(-c3ccccc3)nc(-c3cccc4c3sc3c(-c5nc6ccccc6o5)cccc34)n2)cc1. The molecule has 0 saturated carbocycles. The van der Waals surface area contributed by atoms with Gasteiger partial charge in [0.05, 0.1) is 5.56 Å². The van der Waals surface area contributed by atoms with E-state index in [1.165, 1.54) is 0 Å². The highest BCUT2D eigenvalue weighted by Gasteiger charge is 2.19. The van der Waals surface area contributed by atoms with Crippen LogP contribution in [0.2, 0.25) is 0 Å². The fourth-order valence-corrected chi connectivity index (χ4v) is 6.40. The zero-order chi connectivity index (χ0) is 26.5. The van der Waals surface area contributed by atoms with Crippen molar-refractivity contribution in [3.8, 4) is 45.6 Å². The van der Waals surface area contributed by atoms with Gasteiger partial charge in [-0.1, -0.05) is 97.1 Å². The van der Waals surface area contributed by atoms with E-state index in [4.69, 9.17) is 24.4 Å². The first kappa shape index (κ1) is 22.8. The molecule has 0 aliphatic rings. The fraction of sp³-hybridized carbons (Fsp3) is 0. The predicted octanol–water partition coefficient (Wildman–Crippen LogP) is 9.05. The Kier molecular flexibility index (Phi) is 5.24. The maximum atomic E-state index is 6.17. The first-order valence-corrected chi connectivity index (χ1v) is 13.8. The van der Waals surface area contributed by atoms with Crippen LogP contribution in [0.3, 0.4) is 0 Å². The molecular formula is C34H20N4OS. The molecule has 0 bridgehead atoms. The maximum Gasteiger partial charge on any atom is 0.228 e. The summed E-state index contributed by atoms with van der Waals surface area (Å²) in [5.74, 6) is 2.57. The van der Waals surface area contributed by atoms with Gasteiger partial charge in [0.1, 0.15) is 5.52 Å². The molecule has 188 valence electrons. The standard InChI is InChI=1S/C34H20N4OS/c1-3-11-21(12-4-1)31-36-32(22-13-5-2-6-14-22)38-33(37-31)25-17-9-15-23-24-16-10-18-26(30(24)40-29(23)25)34-35-27-19-7-8-20-28(27)39-34/h1-20H. The van der Waals surface area contributed by atoms with Crippen LogP contribution in [0.15, 0.2) is 126 Å². The van der Waals surface area contributed by atoms with Crippen molar-refractivity contribution in [1.82, 2.24) is 19.9 Å². The van der Waals surface area contributed by atoms with Crippen LogP contribution in [0.25, 0.3) is 76.9 Å². The van der Waals surface area contributed by atoms with Crippen molar-refractivity contribution in [2.24, 2.45) is 0 Å². The average Bonchev–Trinajstić information content (AvgIpc) is 3.63. The van der Waals surface area contributed by atoms with E-state index in [2.05, 4.69) is 36.4 Å². The van der Waals surface area contributed by atoms with Gasteiger partial charge in [-0.2, -0.15) is 0 Å². The Bertz CT molecular complexity index is 2080. The number of benzene rings is 5. The number of oxazole rings is 1. The molecular weight excluding hydrogens is 512 g/mol. The van der Waals surface area contributed by atoms with Crippen molar-refractivity contribution >= 4 is 42.6 Å². The van der Waals surface area contributed by atoms with Gasteiger partial charge in [-0.05, 0) is 24.3 Å². The Balaban J connectivity index is 1.36. The number of thiophene rings is 1. The predicted molar refractivity (Wildman–Crippen MR) is 162 cm³/mol. The van der Waals surface area contributed by atoms with Crippen LogP contribution in [0.5, 0.6) is 0 Å². The number of nitrogens with zero attached hydrogens (tertiary/aromatic N) is 4. The van der Waals surface area contributed by atoms with Gasteiger partial charge in [-0.15, -0.1) is 11.3 Å². The van der Waals surface area contributed by atoms with E-state index in [1.807, 2.05) is 84.9 Å². The quantitative estimate of drug-likeness (QED) is 0.226. The van der Waals surface area contributed by atoms with E-state index in [-0.39, 0.29) is 0 Å². The van der Waals surface area contributed by atoms with Gasteiger partial charge in [0, 0.05) is 36.9 Å². The Hall–Kier alpha value is -5.20. The lowest BCUT2D eigenvalue weighted by molar-refractivity contribution is 0.621. The zero-order valence-corrected chi connectivity index (χ0v) is 22.0. The molecule has 0 N–H and O–H groups in total. The van der Waals surface area contributed by atoms with Gasteiger partial charge in [0.2, 0.25) is 5.89 Å². The van der Waals surface area contributed by atoms with Crippen LogP contribution in [0.4, 0.5) is 0 Å². The third-order valence-corrected chi connectivity index (χ3v) is 8.28. The molecule has 0 atom stereocenters. The van der Waals surface area contributed by atoms with E-state index in [9.17, 15) is 0 Å². The van der Waals surface area contributed by atoms with Crippen LogP contribution < -0.4 is 0 Å². The number of hydrogen-bond donors (Lipinski definition) is 0. The average molecular weight is 533 g/mol. The molecule has 0 spiro atoms. The molecule has 5 aromatic carbocycles. The number of rotatable bonds is 4. The van der Waals surface area contributed by atoms with Gasteiger partial charge in [0.15, 0.2) is 23.1 Å². The summed E-state index contributed by atoms with van der Waals surface area (Å²) in [6.45, 7) is 0. The molecule has 0 radical (unpaired) electrons. The van der Waals surface area contributed by atoms with Crippen molar-refractivity contribution < 1.29 is 4.42 Å². The molecule has 8 rings (SSSR count). The second kappa shape index (κ2) is 9.22. The second-order valence-corrected chi connectivity index (χ2v) is 10.5. The van der Waals surface area contributed by atoms with E-state index in [0.717, 1.165) is 53.5 Å². The summed E-state index contributed by atoms with van der Waals surface area (Å²) >= 11 is 1.72. The molecule has 8 aromatic rings. The molecule has 0 aliphatic carbocycles. The third kappa shape index (κ3) is 3.77. The molecule has 6 heteroatoms. The summed E-state index contributed by atoms with van der Waals surface area (Å²) in [5, 5.41) is 2.31. The Morgan fingerprint density at radius 3 is 1.65 bits per heavy atom. The molecule has 0 unspecified atom stereocenters. The van der Waals surface area contributed by atoms with Crippen molar-refractivity contribution in [2.45, 2.75) is 0 Å². The van der Waals surface area contributed by atoms with Crippen LogP contribution >= 0.6 is 11.3 Å². The van der Waals surface area contributed by atoms with Crippen LogP contribution in [-0.4, -0.2) is 19.9 Å². The summed E-state index contributed by atoms with van der Waals surface area (Å²) in [6.07, 6.45) is 0. The Morgan fingerprint density at radius 1 is 0.450 bits per heavy atom. The Morgan fingerprint density at radius 2 is 1.00 bits per heavy atom. The first-order chi connectivity index (χ1) is 19.8. The molecule has 0 fully saturated rings. The minimum absolute atomic E-state index is 0.623. The molecule has 40 heavy (non-hydrogen) atoms. The van der Waals surface area contributed by atoms with Crippen LogP contribution in [-0.2, 0) is 0 Å². The summed E-state index contributed by atoms with van der Waals surface area (Å²) in [5.41, 5.74) is 5.48. The van der Waals surface area contributed by atoms with Crippen LogP contribution in [0, 0.1) is 0 Å². The zero-order valence-electron chi connectivity index (χ0n) is 21.2. The smallest absolute Gasteiger partial charge is 0.228 e. The van der Waals surface area contributed by atoms with Gasteiger partial charge >= 0.3 is 0 Å². The van der Waals surface area contributed by atoms with Crippen molar-refractivity contribution in [2.75, 3.05) is 0 Å². The lowest BCUT2D eigenvalue weighted by atomic mass is 10.1. The van der Waals surface area contributed by atoms with Crippen molar-refractivity contribution in [1.29, 1.82) is 0 Å². The highest BCUT2D eigenvalue weighted by molar-refractivity contribution is 7.26. The van der Waals surface area contributed by atoms with Crippen molar-refractivity contribution in [3.63, 3.8) is 0 Å². The van der Waals surface area contributed by atoms with Gasteiger partial charge < -0.3 is 4.42 Å². The van der Waals surface area contributed by atoms with E-state index in [1.54, 1.807) is 11.3 Å². The highest BCUT2D eigenvalue weighted by Crippen LogP contribution is 2.43. The number of aromatic nitrogens is 4. The third-order valence-electron chi connectivity index (χ3n) is 6.99. The molecule has 3 aromatic heterocycles. The maximum absolute atomic E-state index is 6.17. The summed E-state index contributed by atoms with van der Waals surface area (Å²) < 4.78 is 8.40. The number of para-hydroxylation sites is 2. The number of fused-ring (bicyclic) bond motifs is 4. The lowest BCUT2D eigenvalue weighted by Gasteiger charge is -2.09. The monoisotopic (exact) mass is 532 g/mol.